The van der Waals surface area contributed by atoms with E-state index in [1.807, 2.05) is 23.6 Å². The van der Waals surface area contributed by atoms with Crippen molar-refractivity contribution in [2.45, 2.75) is 44.9 Å². The van der Waals surface area contributed by atoms with Crippen molar-refractivity contribution in [2.75, 3.05) is 18.1 Å². The van der Waals surface area contributed by atoms with Crippen LogP contribution < -0.4 is 4.90 Å². The van der Waals surface area contributed by atoms with Crippen LogP contribution in [0.3, 0.4) is 0 Å². The van der Waals surface area contributed by atoms with Crippen LogP contribution in [0.1, 0.15) is 44.9 Å². The minimum Gasteiger partial charge on any atom is -0.481 e. The molecular formula is C24H29ClN2O4S. The second kappa shape index (κ2) is 10.3. The number of aliphatic hydroxyl groups is 1. The number of carboxylic acid groups (broad SMARTS) is 1. The average molecular weight is 477 g/mol. The van der Waals surface area contributed by atoms with E-state index in [0.29, 0.717) is 28.3 Å². The van der Waals surface area contributed by atoms with Crippen LogP contribution in [-0.4, -0.2) is 40.2 Å². The van der Waals surface area contributed by atoms with Crippen molar-refractivity contribution in [3.05, 3.63) is 34.7 Å². The lowest BCUT2D eigenvalue weighted by Gasteiger charge is -2.38. The summed E-state index contributed by atoms with van der Waals surface area (Å²) in [7, 11) is 0. The lowest BCUT2D eigenvalue weighted by atomic mass is 9.73. The topological polar surface area (TPSA) is 90.7 Å². The number of anilines is 1. The zero-order valence-electron chi connectivity index (χ0n) is 18.0. The van der Waals surface area contributed by atoms with E-state index in [0.717, 1.165) is 44.1 Å². The summed E-state index contributed by atoms with van der Waals surface area (Å²) < 4.78 is 0. The number of aromatic nitrogens is 1. The number of aliphatic hydroxyl groups excluding tert-OH is 1. The molecule has 1 saturated heterocycles. The van der Waals surface area contributed by atoms with Gasteiger partial charge in [0.15, 0.2) is 5.13 Å². The smallest absolute Gasteiger partial charge is 0.304 e. The zero-order valence-corrected chi connectivity index (χ0v) is 19.5. The maximum absolute atomic E-state index is 13.8. The third-order valence-corrected chi connectivity index (χ3v) is 8.17. The van der Waals surface area contributed by atoms with Crippen molar-refractivity contribution in [1.82, 2.24) is 4.98 Å². The molecule has 172 valence electrons. The SMILES string of the molecule is O=C(O)C[C@@H]1C(=O)N(c2nc(-c3ccccc3Cl)cs2)C[C@@H](CO)CC[C@H]1C1CCCC1. The molecule has 0 unspecified atom stereocenters. The summed E-state index contributed by atoms with van der Waals surface area (Å²) in [4.78, 5) is 31.8. The fourth-order valence-electron chi connectivity index (χ4n) is 5.33. The Hall–Kier alpha value is -1.96. The number of carbonyl (C=O) groups is 2. The molecule has 1 aliphatic heterocycles. The average Bonchev–Trinajstić information content (AvgIpc) is 3.46. The Morgan fingerprint density at radius 3 is 2.62 bits per heavy atom. The van der Waals surface area contributed by atoms with Crippen molar-refractivity contribution in [1.29, 1.82) is 0 Å². The van der Waals surface area contributed by atoms with Crippen LogP contribution in [0.4, 0.5) is 5.13 Å². The quantitative estimate of drug-likeness (QED) is 0.605. The number of benzene rings is 1. The molecular weight excluding hydrogens is 448 g/mol. The Kier molecular flexibility index (Phi) is 7.48. The lowest BCUT2D eigenvalue weighted by Crippen LogP contribution is -2.46. The van der Waals surface area contributed by atoms with Gasteiger partial charge in [-0.05, 0) is 30.7 Å². The van der Waals surface area contributed by atoms with E-state index in [2.05, 4.69) is 0 Å². The van der Waals surface area contributed by atoms with Crippen molar-refractivity contribution < 1.29 is 19.8 Å². The highest BCUT2D eigenvalue weighted by Crippen LogP contribution is 2.43. The maximum atomic E-state index is 13.8. The van der Waals surface area contributed by atoms with Crippen molar-refractivity contribution in [3.8, 4) is 11.3 Å². The molecule has 1 aromatic carbocycles. The molecule has 2 heterocycles. The van der Waals surface area contributed by atoms with E-state index in [1.165, 1.54) is 11.3 Å². The highest BCUT2D eigenvalue weighted by atomic mass is 35.5. The van der Waals surface area contributed by atoms with Crippen LogP contribution in [0.2, 0.25) is 5.02 Å². The molecule has 2 N–H and O–H groups in total. The molecule has 1 aromatic heterocycles. The molecule has 0 bridgehead atoms. The predicted molar refractivity (Wildman–Crippen MR) is 126 cm³/mol. The molecule has 2 fully saturated rings. The first kappa shape index (κ1) is 23.2. The molecule has 2 aromatic rings. The third kappa shape index (κ3) is 5.00. The van der Waals surface area contributed by atoms with Gasteiger partial charge in [-0.3, -0.25) is 14.5 Å². The van der Waals surface area contributed by atoms with Gasteiger partial charge in [0.05, 0.1) is 18.0 Å². The van der Waals surface area contributed by atoms with Gasteiger partial charge in [0, 0.05) is 35.0 Å². The standard InChI is InChI=1S/C24H29ClN2O4S/c25-20-8-4-3-7-18(20)21-14-32-24(26-21)27-12-15(13-28)9-10-17(16-5-1-2-6-16)19(23(27)31)11-22(29)30/h3-4,7-8,14-17,19,28H,1-2,5-6,9-13H2,(H,29,30)/t15-,17-,19-/m0/s1. The van der Waals surface area contributed by atoms with Crippen LogP contribution >= 0.6 is 22.9 Å². The van der Waals surface area contributed by atoms with Gasteiger partial charge in [-0.2, -0.15) is 0 Å². The third-order valence-electron chi connectivity index (χ3n) is 6.98. The first-order chi connectivity index (χ1) is 15.5. The Morgan fingerprint density at radius 2 is 1.94 bits per heavy atom. The zero-order chi connectivity index (χ0) is 22.7. The number of hydrogen-bond acceptors (Lipinski definition) is 5. The number of rotatable bonds is 6. The van der Waals surface area contributed by atoms with Gasteiger partial charge >= 0.3 is 5.97 Å². The number of thiazole rings is 1. The largest absolute Gasteiger partial charge is 0.481 e. The van der Waals surface area contributed by atoms with Crippen LogP contribution in [0, 0.1) is 23.7 Å². The first-order valence-corrected chi connectivity index (χ1v) is 12.6. The van der Waals surface area contributed by atoms with Gasteiger partial charge in [-0.15, -0.1) is 11.3 Å². The number of nitrogens with zero attached hydrogens (tertiary/aromatic N) is 2. The number of aliphatic carboxylic acids is 1. The molecule has 6 nitrogen and oxygen atoms in total. The molecule has 0 radical (unpaired) electrons. The summed E-state index contributed by atoms with van der Waals surface area (Å²) in [6.45, 7) is 0.339. The molecule has 0 spiro atoms. The van der Waals surface area contributed by atoms with Gasteiger partial charge in [0.25, 0.3) is 0 Å². The number of hydrogen-bond donors (Lipinski definition) is 2. The van der Waals surface area contributed by atoms with Crippen molar-refractivity contribution in [3.63, 3.8) is 0 Å². The molecule has 3 atom stereocenters. The minimum absolute atomic E-state index is 0.00644. The second-order valence-electron chi connectivity index (χ2n) is 8.98. The lowest BCUT2D eigenvalue weighted by molar-refractivity contribution is -0.142. The first-order valence-electron chi connectivity index (χ1n) is 11.3. The van der Waals surface area contributed by atoms with E-state index < -0.39 is 11.9 Å². The summed E-state index contributed by atoms with van der Waals surface area (Å²) >= 11 is 7.69. The number of halogens is 1. The Balaban J connectivity index is 1.68. The highest BCUT2D eigenvalue weighted by molar-refractivity contribution is 7.14. The second-order valence-corrected chi connectivity index (χ2v) is 10.2. The van der Waals surface area contributed by atoms with Gasteiger partial charge in [-0.1, -0.05) is 55.5 Å². The van der Waals surface area contributed by atoms with E-state index in [4.69, 9.17) is 16.6 Å². The fraction of sp³-hybridized carbons (Fsp3) is 0.542. The van der Waals surface area contributed by atoms with Crippen LogP contribution in [-0.2, 0) is 9.59 Å². The molecule has 8 heteroatoms. The monoisotopic (exact) mass is 476 g/mol. The minimum atomic E-state index is -0.943. The molecule has 4 rings (SSSR count). The van der Waals surface area contributed by atoms with Gasteiger partial charge in [-0.25, -0.2) is 4.98 Å². The van der Waals surface area contributed by atoms with Crippen LogP contribution in [0.15, 0.2) is 29.6 Å². The van der Waals surface area contributed by atoms with Gasteiger partial charge in [0.2, 0.25) is 5.91 Å². The fourth-order valence-corrected chi connectivity index (χ4v) is 6.40. The summed E-state index contributed by atoms with van der Waals surface area (Å²) in [6, 6.07) is 7.43. The van der Waals surface area contributed by atoms with E-state index in [1.54, 1.807) is 11.0 Å². The molecule has 1 saturated carbocycles. The Morgan fingerprint density at radius 1 is 1.19 bits per heavy atom. The summed E-state index contributed by atoms with van der Waals surface area (Å²) in [5.41, 5.74) is 1.48. The van der Waals surface area contributed by atoms with Crippen LogP contribution in [0.25, 0.3) is 11.3 Å². The van der Waals surface area contributed by atoms with E-state index in [-0.39, 0.29) is 30.8 Å². The molecule has 32 heavy (non-hydrogen) atoms. The van der Waals surface area contributed by atoms with Crippen molar-refractivity contribution >= 4 is 39.9 Å². The number of amides is 1. The van der Waals surface area contributed by atoms with E-state index >= 15 is 0 Å². The molecule has 1 amide bonds. The molecule has 1 aliphatic carbocycles. The van der Waals surface area contributed by atoms with E-state index in [9.17, 15) is 19.8 Å². The number of carboxylic acids is 1. The Bertz CT molecular complexity index is 959. The van der Waals surface area contributed by atoms with Crippen LogP contribution in [0.5, 0.6) is 0 Å². The van der Waals surface area contributed by atoms with Crippen molar-refractivity contribution in [2.24, 2.45) is 23.7 Å². The predicted octanol–water partition coefficient (Wildman–Crippen LogP) is 5.10. The Labute approximate surface area is 197 Å². The van der Waals surface area contributed by atoms with Gasteiger partial charge < -0.3 is 10.2 Å². The number of carbonyl (C=O) groups excluding carboxylic acids is 1. The summed E-state index contributed by atoms with van der Waals surface area (Å²) in [5, 5.41) is 22.6. The van der Waals surface area contributed by atoms with Gasteiger partial charge in [0.1, 0.15) is 0 Å². The summed E-state index contributed by atoms with van der Waals surface area (Å²) in [6.07, 6.45) is 5.77. The maximum Gasteiger partial charge on any atom is 0.304 e. The highest BCUT2D eigenvalue weighted by Gasteiger charge is 2.41. The molecule has 2 aliphatic rings. The normalized spacial score (nSPS) is 25.0. The summed E-state index contributed by atoms with van der Waals surface area (Å²) in [5.74, 6) is -1.34.